The topological polar surface area (TPSA) is 96.4 Å². The van der Waals surface area contributed by atoms with E-state index < -0.39 is 35.6 Å². The Hall–Kier alpha value is -3.49. The number of aliphatic hydroxyl groups excluding tert-OH is 1. The van der Waals surface area contributed by atoms with E-state index in [1.54, 1.807) is 15.9 Å². The number of unbranched alkanes of at least 4 members (excludes halogenated alkanes) is 3. The van der Waals surface area contributed by atoms with Crippen LogP contribution < -0.4 is 4.90 Å². The van der Waals surface area contributed by atoms with Crippen molar-refractivity contribution in [1.29, 1.82) is 0 Å². The molecule has 0 aromatic heterocycles. The van der Waals surface area contributed by atoms with Crippen LogP contribution >= 0.6 is 0 Å². The predicted molar refractivity (Wildman–Crippen MR) is 157 cm³/mol. The molecular weight excluding hydrogens is 520 g/mol. The van der Waals surface area contributed by atoms with Crippen LogP contribution in [0.4, 0.5) is 5.69 Å². The van der Waals surface area contributed by atoms with Gasteiger partial charge in [-0.15, -0.1) is 13.2 Å². The third-order valence-electron chi connectivity index (χ3n) is 8.78. The molecule has 2 unspecified atom stereocenters. The maximum absolute atomic E-state index is 14.6. The van der Waals surface area contributed by atoms with Gasteiger partial charge < -0.3 is 24.4 Å². The van der Waals surface area contributed by atoms with Crippen molar-refractivity contribution in [3.8, 4) is 0 Å². The number of ether oxygens (including phenoxy) is 2. The number of likely N-dealkylation sites (tertiary alicyclic amines) is 1. The molecule has 5 atom stereocenters. The van der Waals surface area contributed by atoms with Gasteiger partial charge in [-0.3, -0.25) is 14.4 Å². The van der Waals surface area contributed by atoms with Crippen LogP contribution in [0.3, 0.4) is 0 Å². The first-order chi connectivity index (χ1) is 20.0. The number of benzene rings is 2. The van der Waals surface area contributed by atoms with Crippen molar-refractivity contribution in [3.05, 3.63) is 67.8 Å². The van der Waals surface area contributed by atoms with Crippen molar-refractivity contribution < 1.29 is 29.0 Å². The number of hydrogen-bond donors (Lipinski definition) is 1. The number of rotatable bonds is 14. The van der Waals surface area contributed by atoms with Gasteiger partial charge in [0.1, 0.15) is 11.6 Å². The summed E-state index contributed by atoms with van der Waals surface area (Å²) < 4.78 is 12.2. The molecule has 3 fully saturated rings. The number of carbonyl (C=O) groups excluding carboxylic acids is 3. The van der Waals surface area contributed by atoms with E-state index in [2.05, 4.69) is 13.2 Å². The number of anilines is 1. The first-order valence-corrected chi connectivity index (χ1v) is 14.7. The number of allylic oxidation sites excluding steroid dienone is 1. The highest BCUT2D eigenvalue weighted by atomic mass is 16.6. The lowest BCUT2D eigenvalue weighted by atomic mass is 9.70. The Morgan fingerprint density at radius 3 is 2.66 bits per heavy atom. The maximum atomic E-state index is 14.6. The van der Waals surface area contributed by atoms with E-state index in [0.29, 0.717) is 37.9 Å². The lowest BCUT2D eigenvalue weighted by molar-refractivity contribution is -0.155. The fourth-order valence-corrected chi connectivity index (χ4v) is 6.94. The van der Waals surface area contributed by atoms with Crippen LogP contribution in [0, 0.1) is 11.8 Å². The Labute approximate surface area is 241 Å². The molecule has 3 aliphatic heterocycles. The van der Waals surface area contributed by atoms with E-state index in [-0.39, 0.29) is 31.6 Å². The highest BCUT2D eigenvalue weighted by molar-refractivity contribution is 6.05. The third kappa shape index (κ3) is 5.31. The second-order valence-electron chi connectivity index (χ2n) is 11.2. The second-order valence-corrected chi connectivity index (χ2v) is 11.2. The molecule has 8 heteroatoms. The number of nitrogens with zero attached hydrogens (tertiary/aromatic N) is 2. The molecule has 1 N–H and O–H groups in total. The molecule has 2 aromatic carbocycles. The van der Waals surface area contributed by atoms with Gasteiger partial charge in [-0.25, -0.2) is 0 Å². The largest absolute Gasteiger partial charge is 0.465 e. The molecule has 2 amide bonds. The number of amides is 2. The van der Waals surface area contributed by atoms with E-state index in [4.69, 9.17) is 9.47 Å². The van der Waals surface area contributed by atoms with Crippen LogP contribution in [-0.2, 0) is 23.9 Å². The molecule has 1 spiro atoms. The van der Waals surface area contributed by atoms with Crippen LogP contribution in [-0.4, -0.2) is 71.8 Å². The molecule has 2 aromatic rings. The Kier molecular flexibility index (Phi) is 8.90. The average molecular weight is 561 g/mol. The van der Waals surface area contributed by atoms with E-state index in [1.807, 2.05) is 48.5 Å². The molecule has 218 valence electrons. The molecule has 41 heavy (non-hydrogen) atoms. The number of fused-ring (bicyclic) bond motifs is 2. The Balaban J connectivity index is 1.46. The molecular formula is C33H40N2O6. The predicted octanol–water partition coefficient (Wildman–Crippen LogP) is 4.41. The SMILES string of the molecule is C=CCCCCOC(=O)[C@@H]1[C@H]2C(=O)N(CCCCO)C(C(=O)N(CC=C)c3ccc4ccccc4c3)C23CC[C@H]1O3. The Bertz CT molecular complexity index is 1310. The highest BCUT2D eigenvalue weighted by Gasteiger charge is 2.75. The van der Waals surface area contributed by atoms with E-state index in [1.165, 1.54) is 0 Å². The molecule has 2 bridgehead atoms. The summed E-state index contributed by atoms with van der Waals surface area (Å²) in [6.07, 6.45) is 7.65. The standard InChI is InChI=1S/C33H40N2O6/c1-3-5-6-11-21-40-32(39)27-26-16-17-33(41-26)28(27)30(37)35(19-9-10-20-36)29(33)31(38)34(18-4-2)25-15-14-23-12-7-8-13-24(23)22-25/h3-4,7-8,12-15,22,26-29,36H,1-2,5-6,9-11,16-21H2/t26-,27+,28+,29?,33?/m1/s1. The number of hydrogen-bond acceptors (Lipinski definition) is 6. The van der Waals surface area contributed by atoms with Crippen molar-refractivity contribution in [2.75, 3.05) is 31.2 Å². The summed E-state index contributed by atoms with van der Waals surface area (Å²) in [4.78, 5) is 45.3. The smallest absolute Gasteiger partial charge is 0.312 e. The number of aliphatic hydroxyl groups is 1. The summed E-state index contributed by atoms with van der Waals surface area (Å²) in [7, 11) is 0. The maximum Gasteiger partial charge on any atom is 0.312 e. The fraction of sp³-hybridized carbons (Fsp3) is 0.485. The van der Waals surface area contributed by atoms with Crippen molar-refractivity contribution >= 4 is 34.2 Å². The van der Waals surface area contributed by atoms with Gasteiger partial charge in [-0.05, 0) is 67.9 Å². The molecule has 0 radical (unpaired) electrons. The van der Waals surface area contributed by atoms with Gasteiger partial charge in [0.15, 0.2) is 0 Å². The van der Waals surface area contributed by atoms with Crippen LogP contribution in [0.1, 0.15) is 44.9 Å². The first-order valence-electron chi connectivity index (χ1n) is 14.7. The lowest BCUT2D eigenvalue weighted by Crippen LogP contribution is -2.56. The zero-order chi connectivity index (χ0) is 29.0. The van der Waals surface area contributed by atoms with Crippen LogP contribution in [0.25, 0.3) is 10.8 Å². The number of carbonyl (C=O) groups is 3. The molecule has 3 saturated heterocycles. The molecule has 5 rings (SSSR count). The third-order valence-corrected chi connectivity index (χ3v) is 8.78. The average Bonchev–Trinajstić information content (AvgIpc) is 3.63. The highest BCUT2D eigenvalue weighted by Crippen LogP contribution is 2.59. The van der Waals surface area contributed by atoms with Crippen LogP contribution in [0.5, 0.6) is 0 Å². The lowest BCUT2D eigenvalue weighted by Gasteiger charge is -2.36. The Morgan fingerprint density at radius 1 is 1.10 bits per heavy atom. The van der Waals surface area contributed by atoms with E-state index in [9.17, 15) is 19.5 Å². The fourth-order valence-electron chi connectivity index (χ4n) is 6.94. The van der Waals surface area contributed by atoms with Crippen molar-refractivity contribution in [1.82, 2.24) is 4.90 Å². The van der Waals surface area contributed by atoms with Crippen LogP contribution in [0.2, 0.25) is 0 Å². The minimum Gasteiger partial charge on any atom is -0.465 e. The quantitative estimate of drug-likeness (QED) is 0.209. The van der Waals surface area contributed by atoms with E-state index >= 15 is 0 Å². The summed E-state index contributed by atoms with van der Waals surface area (Å²) in [5, 5.41) is 11.5. The van der Waals surface area contributed by atoms with Gasteiger partial charge in [-0.2, -0.15) is 0 Å². The molecule has 0 aliphatic carbocycles. The minimum absolute atomic E-state index is 0.00568. The Morgan fingerprint density at radius 2 is 1.90 bits per heavy atom. The molecule has 3 heterocycles. The van der Waals surface area contributed by atoms with Crippen molar-refractivity contribution in [2.45, 2.75) is 62.7 Å². The van der Waals surface area contributed by atoms with Crippen LogP contribution in [0.15, 0.2) is 67.8 Å². The molecule has 8 nitrogen and oxygen atoms in total. The first kappa shape index (κ1) is 29.0. The zero-order valence-electron chi connectivity index (χ0n) is 23.6. The van der Waals surface area contributed by atoms with Gasteiger partial charge in [-0.1, -0.05) is 42.5 Å². The van der Waals surface area contributed by atoms with Gasteiger partial charge in [0.05, 0.1) is 24.5 Å². The summed E-state index contributed by atoms with van der Waals surface area (Å²) >= 11 is 0. The zero-order valence-corrected chi connectivity index (χ0v) is 23.6. The molecule has 3 aliphatic rings. The normalized spacial score (nSPS) is 26.3. The van der Waals surface area contributed by atoms with Gasteiger partial charge in [0, 0.05) is 25.4 Å². The van der Waals surface area contributed by atoms with Gasteiger partial charge in [0.25, 0.3) is 5.91 Å². The van der Waals surface area contributed by atoms with Crippen molar-refractivity contribution in [2.24, 2.45) is 11.8 Å². The summed E-state index contributed by atoms with van der Waals surface area (Å²) in [6.45, 7) is 8.43. The number of esters is 1. The minimum atomic E-state index is -1.10. The molecule has 0 saturated carbocycles. The summed E-state index contributed by atoms with van der Waals surface area (Å²) in [5.74, 6) is -2.42. The van der Waals surface area contributed by atoms with Gasteiger partial charge >= 0.3 is 5.97 Å². The van der Waals surface area contributed by atoms with Crippen molar-refractivity contribution in [3.63, 3.8) is 0 Å². The monoisotopic (exact) mass is 560 g/mol. The summed E-state index contributed by atoms with van der Waals surface area (Å²) in [6, 6.07) is 12.9. The summed E-state index contributed by atoms with van der Waals surface area (Å²) in [5.41, 5.74) is -0.389. The van der Waals surface area contributed by atoms with Gasteiger partial charge in [0.2, 0.25) is 5.91 Å². The van der Waals surface area contributed by atoms with E-state index in [0.717, 1.165) is 30.0 Å². The second kappa shape index (κ2) is 12.6.